The number of rotatable bonds is 5. The number of benzene rings is 1. The first-order chi connectivity index (χ1) is 13.2. The van der Waals surface area contributed by atoms with Gasteiger partial charge in [0.1, 0.15) is 18.5 Å². The average molecular weight is 389 g/mol. The van der Waals surface area contributed by atoms with Gasteiger partial charge >= 0.3 is 6.03 Å². The van der Waals surface area contributed by atoms with Gasteiger partial charge in [-0.1, -0.05) is 18.2 Å². The molecule has 0 bridgehead atoms. The second kappa shape index (κ2) is 7.67. The van der Waals surface area contributed by atoms with Crippen molar-refractivity contribution in [3.8, 4) is 5.75 Å². The van der Waals surface area contributed by atoms with Crippen LogP contribution in [0.2, 0.25) is 0 Å². The van der Waals surface area contributed by atoms with Crippen LogP contribution in [0.5, 0.6) is 5.75 Å². The topological polar surface area (TPSA) is 88.9 Å². The minimum absolute atomic E-state index is 0.0816. The van der Waals surface area contributed by atoms with Crippen LogP contribution in [-0.4, -0.2) is 102 Å². The maximum atomic E-state index is 12.8. The number of hydrogen-bond acceptors (Lipinski definition) is 7. The molecule has 2 aliphatic heterocycles. The van der Waals surface area contributed by atoms with Gasteiger partial charge in [0.15, 0.2) is 18.2 Å². The van der Waals surface area contributed by atoms with Gasteiger partial charge in [0.2, 0.25) is 0 Å². The van der Waals surface area contributed by atoms with Gasteiger partial charge in [-0.2, -0.15) is 0 Å². The molecule has 2 heterocycles. The van der Waals surface area contributed by atoms with E-state index in [4.69, 9.17) is 4.74 Å². The van der Waals surface area contributed by atoms with Gasteiger partial charge in [-0.15, -0.1) is 0 Å². The van der Waals surface area contributed by atoms with Crippen LogP contribution in [0, 0.1) is 6.92 Å². The lowest BCUT2D eigenvalue weighted by Crippen LogP contribution is -2.65. The normalized spacial score (nSPS) is 22.9. The largest absolute Gasteiger partial charge is 0.491 e. The molecule has 0 aromatic heterocycles. The maximum Gasteiger partial charge on any atom is 0.328 e. The molecule has 0 spiro atoms. The Morgan fingerprint density at radius 1 is 1.25 bits per heavy atom. The highest BCUT2D eigenvalue weighted by molar-refractivity contribution is 6.03. The van der Waals surface area contributed by atoms with E-state index in [2.05, 4.69) is 4.99 Å². The summed E-state index contributed by atoms with van der Waals surface area (Å²) in [6, 6.07) is 6.52. The molecule has 1 N–H and O–H groups in total. The van der Waals surface area contributed by atoms with Gasteiger partial charge in [0.25, 0.3) is 5.91 Å². The highest BCUT2D eigenvalue weighted by Gasteiger charge is 2.51. The number of carbonyl (C=O) groups is 2. The van der Waals surface area contributed by atoms with Crippen LogP contribution in [0.15, 0.2) is 29.3 Å². The maximum absolute atomic E-state index is 12.8. The van der Waals surface area contributed by atoms with Crippen molar-refractivity contribution in [3.63, 3.8) is 0 Å². The smallest absolute Gasteiger partial charge is 0.328 e. The van der Waals surface area contributed by atoms with Crippen LogP contribution >= 0.6 is 0 Å². The summed E-state index contributed by atoms with van der Waals surface area (Å²) in [4.78, 5) is 35.7. The Labute approximate surface area is 164 Å². The van der Waals surface area contributed by atoms with Gasteiger partial charge in [0.05, 0.1) is 6.54 Å². The highest BCUT2D eigenvalue weighted by Crippen LogP contribution is 2.28. The zero-order valence-corrected chi connectivity index (χ0v) is 16.9. The Kier molecular flexibility index (Phi) is 5.46. The van der Waals surface area contributed by atoms with E-state index in [0.717, 1.165) is 10.5 Å². The molecule has 0 saturated carbocycles. The van der Waals surface area contributed by atoms with Gasteiger partial charge in [-0.3, -0.25) is 9.69 Å². The summed E-state index contributed by atoms with van der Waals surface area (Å²) in [7, 11) is 6.71. The number of hydrogen-bond donors (Lipinski definition) is 1. The number of guanidine groups is 1. The number of β-amino-alcohol motifs (C(OH)–C–C–N with tert-alkyl or cyclic N) is 1. The lowest BCUT2D eigenvalue weighted by Gasteiger charge is -2.40. The van der Waals surface area contributed by atoms with Gasteiger partial charge in [-0.25, -0.2) is 9.79 Å². The number of aliphatic hydroxyl groups excluding tert-OH is 1. The molecule has 1 saturated heterocycles. The molecule has 3 amide bonds. The van der Waals surface area contributed by atoms with Crippen molar-refractivity contribution in [2.24, 2.45) is 4.99 Å². The van der Waals surface area contributed by atoms with Crippen LogP contribution < -0.4 is 4.74 Å². The van der Waals surface area contributed by atoms with Crippen molar-refractivity contribution < 1.29 is 19.4 Å². The fourth-order valence-corrected chi connectivity index (χ4v) is 3.50. The SMILES string of the molecule is Cc1ccccc1OCC(O)CN1C(N(C)C)=NC2C1C(=O)N(C)C(=O)N2C. The van der Waals surface area contributed by atoms with Gasteiger partial charge < -0.3 is 24.5 Å². The summed E-state index contributed by atoms with van der Waals surface area (Å²) in [5.74, 6) is 0.926. The Hall–Kier alpha value is -2.81. The number of aliphatic hydroxyl groups is 1. The number of amides is 3. The minimum atomic E-state index is -0.843. The molecule has 3 atom stereocenters. The lowest BCUT2D eigenvalue weighted by molar-refractivity contribution is -0.136. The Morgan fingerprint density at radius 3 is 2.57 bits per heavy atom. The van der Waals surface area contributed by atoms with E-state index < -0.39 is 24.3 Å². The summed E-state index contributed by atoms with van der Waals surface area (Å²) in [5.41, 5.74) is 0.982. The molecule has 0 radical (unpaired) electrons. The van der Waals surface area contributed by atoms with Crippen LogP contribution in [0.25, 0.3) is 0 Å². The predicted octanol–water partition coefficient (Wildman–Crippen LogP) is 0.186. The number of para-hydroxylation sites is 1. The van der Waals surface area contributed by atoms with Crippen molar-refractivity contribution in [1.29, 1.82) is 0 Å². The molecule has 1 aromatic carbocycles. The molecular weight excluding hydrogens is 362 g/mol. The Bertz CT molecular complexity index is 796. The van der Waals surface area contributed by atoms with E-state index in [-0.39, 0.29) is 19.1 Å². The molecule has 152 valence electrons. The van der Waals surface area contributed by atoms with Crippen molar-refractivity contribution >= 4 is 17.9 Å². The first-order valence-corrected chi connectivity index (χ1v) is 9.15. The summed E-state index contributed by atoms with van der Waals surface area (Å²) in [6.45, 7) is 2.18. The van der Waals surface area contributed by atoms with Gasteiger partial charge in [-0.05, 0) is 18.6 Å². The number of imide groups is 1. The standard InChI is InChI=1S/C19H27N5O4/c1-12-8-6-7-9-14(12)28-11-13(25)10-24-15-16(20-18(24)21(2)3)22(4)19(27)23(5)17(15)26/h6-9,13,15-16,25H,10-11H2,1-5H3. The fraction of sp³-hybridized carbons (Fsp3) is 0.526. The molecule has 1 aromatic rings. The van der Waals surface area contributed by atoms with Crippen LogP contribution in [0.3, 0.4) is 0 Å². The molecule has 28 heavy (non-hydrogen) atoms. The molecule has 9 nitrogen and oxygen atoms in total. The van der Waals surface area contributed by atoms with E-state index in [1.807, 2.05) is 45.3 Å². The third kappa shape index (κ3) is 3.49. The quantitative estimate of drug-likeness (QED) is 0.773. The Balaban J connectivity index is 1.75. The average Bonchev–Trinajstić information content (AvgIpc) is 3.03. The lowest BCUT2D eigenvalue weighted by atomic mass is 10.1. The third-order valence-electron chi connectivity index (χ3n) is 5.02. The van der Waals surface area contributed by atoms with Crippen LogP contribution in [0.1, 0.15) is 5.56 Å². The zero-order chi connectivity index (χ0) is 20.6. The number of likely N-dealkylation sites (N-methyl/N-ethyl adjacent to an activating group) is 2. The zero-order valence-electron chi connectivity index (χ0n) is 16.9. The second-order valence-corrected chi connectivity index (χ2v) is 7.36. The fourth-order valence-electron chi connectivity index (χ4n) is 3.50. The number of carbonyl (C=O) groups excluding carboxylic acids is 2. The minimum Gasteiger partial charge on any atom is -0.491 e. The molecular formula is C19H27N5O4. The number of nitrogens with zero attached hydrogens (tertiary/aromatic N) is 5. The number of fused-ring (bicyclic) bond motifs is 1. The molecule has 3 rings (SSSR count). The first kappa shape index (κ1) is 19.9. The van der Waals surface area contributed by atoms with Crippen molar-refractivity contribution in [1.82, 2.24) is 19.6 Å². The second-order valence-electron chi connectivity index (χ2n) is 7.36. The molecule has 1 fully saturated rings. The predicted molar refractivity (Wildman–Crippen MR) is 104 cm³/mol. The number of aryl methyl sites for hydroxylation is 1. The number of urea groups is 1. The van der Waals surface area contributed by atoms with E-state index in [0.29, 0.717) is 11.7 Å². The summed E-state index contributed by atoms with van der Waals surface area (Å²) >= 11 is 0. The first-order valence-electron chi connectivity index (χ1n) is 9.15. The van der Waals surface area contributed by atoms with E-state index in [9.17, 15) is 14.7 Å². The van der Waals surface area contributed by atoms with E-state index in [1.54, 1.807) is 16.8 Å². The highest BCUT2D eigenvalue weighted by atomic mass is 16.5. The van der Waals surface area contributed by atoms with Crippen LogP contribution in [-0.2, 0) is 4.79 Å². The molecule has 9 heteroatoms. The van der Waals surface area contributed by atoms with Crippen molar-refractivity contribution in [3.05, 3.63) is 29.8 Å². The third-order valence-corrected chi connectivity index (χ3v) is 5.02. The van der Waals surface area contributed by atoms with Crippen molar-refractivity contribution in [2.45, 2.75) is 25.2 Å². The van der Waals surface area contributed by atoms with Gasteiger partial charge in [0, 0.05) is 28.2 Å². The van der Waals surface area contributed by atoms with E-state index in [1.165, 1.54) is 11.9 Å². The monoisotopic (exact) mass is 389 g/mol. The van der Waals surface area contributed by atoms with Crippen molar-refractivity contribution in [2.75, 3.05) is 41.3 Å². The summed E-state index contributed by atoms with van der Waals surface area (Å²) in [5, 5.41) is 10.6. The molecule has 3 unspecified atom stereocenters. The van der Waals surface area contributed by atoms with E-state index >= 15 is 0 Å². The summed E-state index contributed by atoms with van der Waals surface area (Å²) in [6.07, 6.45) is -1.46. The van der Waals surface area contributed by atoms with Crippen LogP contribution in [0.4, 0.5) is 4.79 Å². The molecule has 0 aliphatic carbocycles. The number of aliphatic imine (C=N–C) groups is 1. The molecule has 2 aliphatic rings. The summed E-state index contributed by atoms with van der Waals surface area (Å²) < 4.78 is 5.74. The number of ether oxygens (including phenoxy) is 1. The Morgan fingerprint density at radius 2 is 1.93 bits per heavy atom.